The summed E-state index contributed by atoms with van der Waals surface area (Å²) in [5, 5.41) is 22.5. The van der Waals surface area contributed by atoms with Crippen molar-refractivity contribution in [3.05, 3.63) is 53.1 Å². The Kier molecular flexibility index (Phi) is 12.0. The molecular weight excluding hydrogens is 548 g/mol. The van der Waals surface area contributed by atoms with Crippen LogP contribution in [0.1, 0.15) is 112 Å². The summed E-state index contributed by atoms with van der Waals surface area (Å²) in [4.78, 5) is 14.3. The maximum absolute atomic E-state index is 14.3. The van der Waals surface area contributed by atoms with Gasteiger partial charge < -0.3 is 19.7 Å². The Balaban J connectivity index is 1.96. The lowest BCUT2D eigenvalue weighted by atomic mass is 9.68. The number of hydrogen-bond donors (Lipinski definition) is 2. The second-order valence-corrected chi connectivity index (χ2v) is 16.0. The zero-order chi connectivity index (χ0) is 33.1. The number of benzene rings is 1. The van der Waals surface area contributed by atoms with Crippen LogP contribution in [0.3, 0.4) is 0 Å². The average Bonchev–Trinajstić information content (AvgIpc) is 2.92. The Bertz CT molecular complexity index is 1170. The highest BCUT2D eigenvalue weighted by Gasteiger charge is 2.48. The predicted molar refractivity (Wildman–Crippen MR) is 181 cm³/mol. The molecule has 2 aliphatic rings. The van der Waals surface area contributed by atoms with Crippen molar-refractivity contribution in [1.29, 1.82) is 0 Å². The lowest BCUT2D eigenvalue weighted by Gasteiger charge is -2.44. The topological polar surface area (TPSA) is 76.0 Å². The van der Waals surface area contributed by atoms with Gasteiger partial charge in [0, 0.05) is 17.3 Å². The smallest absolute Gasteiger partial charge is 0.312 e. The molecule has 0 saturated carbocycles. The van der Waals surface area contributed by atoms with Gasteiger partial charge in [-0.15, -0.1) is 0 Å². The number of carbonyl (C=O) groups is 1. The molecule has 2 aliphatic carbocycles. The molecule has 5 heteroatoms. The van der Waals surface area contributed by atoms with Crippen LogP contribution in [-0.2, 0) is 9.53 Å². The van der Waals surface area contributed by atoms with Crippen LogP contribution < -0.4 is 4.74 Å². The summed E-state index contributed by atoms with van der Waals surface area (Å²) in [5.41, 5.74) is 2.16. The number of esters is 1. The molecule has 2 N–H and O–H groups in total. The number of aliphatic hydroxyl groups is 2. The fraction of sp³-hybridized carbons (Fsp3) is 0.718. The molecule has 0 fully saturated rings. The second-order valence-electron chi connectivity index (χ2n) is 16.0. The minimum atomic E-state index is -0.827. The van der Waals surface area contributed by atoms with E-state index in [1.54, 1.807) is 0 Å². The molecular formula is C39H62O5. The molecule has 0 radical (unpaired) electrons. The Hall–Kier alpha value is -2.11. The minimum Gasteiger partial charge on any atom is -0.493 e. The number of ether oxygens (including phenoxy) is 2. The van der Waals surface area contributed by atoms with Crippen LogP contribution in [-0.4, -0.2) is 41.1 Å². The van der Waals surface area contributed by atoms with Gasteiger partial charge in [-0.1, -0.05) is 105 Å². The molecule has 0 saturated heterocycles. The van der Waals surface area contributed by atoms with Crippen molar-refractivity contribution in [2.24, 2.45) is 46.3 Å². The van der Waals surface area contributed by atoms with Crippen LogP contribution in [0.5, 0.6) is 5.75 Å². The van der Waals surface area contributed by atoms with Crippen LogP contribution in [0.15, 0.2) is 42.0 Å². The monoisotopic (exact) mass is 610 g/mol. The first-order valence-electron chi connectivity index (χ1n) is 17.1. The van der Waals surface area contributed by atoms with E-state index in [0.29, 0.717) is 24.9 Å². The maximum Gasteiger partial charge on any atom is 0.312 e. The maximum atomic E-state index is 14.3. The third-order valence-electron chi connectivity index (χ3n) is 10.8. The molecule has 0 spiro atoms. The summed E-state index contributed by atoms with van der Waals surface area (Å²) in [7, 11) is 0. The number of aryl methyl sites for hydroxylation is 1. The molecule has 7 atom stereocenters. The molecule has 0 aromatic heterocycles. The van der Waals surface area contributed by atoms with Gasteiger partial charge in [0.15, 0.2) is 0 Å². The standard InChI is InChI=1S/C39H62O5/c1-23(2)30-16-14-28(20-33(30)40)29(22-43-34-19-27(9)13-15-31(34)24(3)4)21-39(12,26(7)8)37(42)44-36-35(41)32(25(5)6)17-18-38(36,10)11/h13,15,17-20,23-26,29-30,32-33,35-36,40-41H,14,16,21-22H2,1-12H3. The van der Waals surface area contributed by atoms with Crippen molar-refractivity contribution in [2.75, 3.05) is 6.61 Å². The Morgan fingerprint density at radius 3 is 2.25 bits per heavy atom. The lowest BCUT2D eigenvalue weighted by Crippen LogP contribution is -2.51. The van der Waals surface area contributed by atoms with Gasteiger partial charge in [0.25, 0.3) is 0 Å². The molecule has 0 heterocycles. The van der Waals surface area contributed by atoms with Crippen molar-refractivity contribution >= 4 is 5.97 Å². The summed E-state index contributed by atoms with van der Waals surface area (Å²) in [6.45, 7) is 25.6. The molecule has 1 aromatic rings. The van der Waals surface area contributed by atoms with Gasteiger partial charge in [-0.3, -0.25) is 4.79 Å². The van der Waals surface area contributed by atoms with Crippen molar-refractivity contribution < 1.29 is 24.5 Å². The number of aliphatic hydroxyl groups excluding tert-OH is 2. The Morgan fingerprint density at radius 2 is 1.70 bits per heavy atom. The molecule has 3 rings (SSSR count). The zero-order valence-corrected chi connectivity index (χ0v) is 29.7. The molecule has 1 aromatic carbocycles. The molecule has 248 valence electrons. The summed E-state index contributed by atoms with van der Waals surface area (Å²) in [5.74, 6) is 1.61. The number of hydrogen-bond acceptors (Lipinski definition) is 5. The summed E-state index contributed by atoms with van der Waals surface area (Å²) in [6.07, 6.45) is 6.62. The highest BCUT2D eigenvalue weighted by atomic mass is 16.6. The van der Waals surface area contributed by atoms with Crippen molar-refractivity contribution in [3.63, 3.8) is 0 Å². The fourth-order valence-corrected chi connectivity index (χ4v) is 7.09. The van der Waals surface area contributed by atoms with Crippen LogP contribution in [0.4, 0.5) is 0 Å². The van der Waals surface area contributed by atoms with Gasteiger partial charge in [-0.25, -0.2) is 0 Å². The van der Waals surface area contributed by atoms with Gasteiger partial charge >= 0.3 is 5.97 Å². The van der Waals surface area contributed by atoms with Crippen LogP contribution in [0.2, 0.25) is 0 Å². The van der Waals surface area contributed by atoms with Crippen LogP contribution in [0, 0.1) is 53.3 Å². The average molecular weight is 611 g/mol. The van der Waals surface area contributed by atoms with Crippen molar-refractivity contribution in [3.8, 4) is 5.75 Å². The van der Waals surface area contributed by atoms with E-state index in [2.05, 4.69) is 92.7 Å². The van der Waals surface area contributed by atoms with Gasteiger partial charge in [0.05, 0.1) is 24.2 Å². The largest absolute Gasteiger partial charge is 0.493 e. The quantitative estimate of drug-likeness (QED) is 0.183. The van der Waals surface area contributed by atoms with Crippen LogP contribution in [0.25, 0.3) is 0 Å². The van der Waals surface area contributed by atoms with Crippen LogP contribution >= 0.6 is 0 Å². The van der Waals surface area contributed by atoms with Crippen molar-refractivity contribution in [1.82, 2.24) is 0 Å². The Labute approximate surface area is 268 Å². The van der Waals surface area contributed by atoms with E-state index in [1.807, 2.05) is 26.8 Å². The minimum absolute atomic E-state index is 0.0134. The van der Waals surface area contributed by atoms with E-state index in [0.717, 1.165) is 29.7 Å². The van der Waals surface area contributed by atoms with E-state index in [9.17, 15) is 15.0 Å². The first-order valence-corrected chi connectivity index (χ1v) is 17.1. The molecule has 0 bridgehead atoms. The number of rotatable bonds is 12. The van der Waals surface area contributed by atoms with Gasteiger partial charge in [-0.05, 0) is 79.9 Å². The normalized spacial score (nSPS) is 27.4. The first-order chi connectivity index (χ1) is 20.4. The molecule has 0 amide bonds. The van der Waals surface area contributed by atoms with E-state index in [1.165, 1.54) is 5.56 Å². The third-order valence-corrected chi connectivity index (χ3v) is 10.8. The van der Waals surface area contributed by atoms with Gasteiger partial charge in [0.1, 0.15) is 11.9 Å². The van der Waals surface area contributed by atoms with E-state index >= 15 is 0 Å². The second kappa shape index (κ2) is 14.5. The SMILES string of the molecule is Cc1ccc(C(C)C)c(OCC(CC(C)(C(=O)OC2C(O)C(C(C)C)C=CC2(C)C)C(C)C)C2=CC(O)C(C(C)C)CC2)c1. The summed E-state index contributed by atoms with van der Waals surface area (Å²) in [6, 6.07) is 6.37. The fourth-order valence-electron chi connectivity index (χ4n) is 7.09. The highest BCUT2D eigenvalue weighted by Crippen LogP contribution is 2.44. The first kappa shape index (κ1) is 36.4. The molecule has 0 aliphatic heterocycles. The van der Waals surface area contributed by atoms with E-state index in [-0.39, 0.29) is 35.6 Å². The van der Waals surface area contributed by atoms with Gasteiger partial charge in [0.2, 0.25) is 0 Å². The lowest BCUT2D eigenvalue weighted by molar-refractivity contribution is -0.182. The van der Waals surface area contributed by atoms with E-state index < -0.39 is 29.1 Å². The molecule has 44 heavy (non-hydrogen) atoms. The summed E-state index contributed by atoms with van der Waals surface area (Å²) < 4.78 is 13.0. The predicted octanol–water partition coefficient (Wildman–Crippen LogP) is 8.66. The van der Waals surface area contributed by atoms with Gasteiger partial charge in [-0.2, -0.15) is 0 Å². The van der Waals surface area contributed by atoms with E-state index in [4.69, 9.17) is 9.47 Å². The molecule has 5 nitrogen and oxygen atoms in total. The summed E-state index contributed by atoms with van der Waals surface area (Å²) >= 11 is 0. The zero-order valence-electron chi connectivity index (χ0n) is 29.7. The third kappa shape index (κ3) is 8.18. The number of carbonyl (C=O) groups excluding carboxylic acids is 1. The van der Waals surface area contributed by atoms with Crippen molar-refractivity contribution in [2.45, 2.75) is 127 Å². The Morgan fingerprint density at radius 1 is 1.05 bits per heavy atom. The molecule has 7 unspecified atom stereocenters. The highest BCUT2D eigenvalue weighted by molar-refractivity contribution is 5.77.